The zero-order valence-electron chi connectivity index (χ0n) is 14.5. The van der Waals surface area contributed by atoms with Crippen molar-refractivity contribution in [3.8, 4) is 11.4 Å². The molecule has 9 heteroatoms. The number of thiophene rings is 1. The molecular formula is C18H18N4O4S. The molecule has 0 unspecified atom stereocenters. The molecule has 1 saturated heterocycles. The lowest BCUT2D eigenvalue weighted by molar-refractivity contribution is -0.132. The molecule has 0 saturated carbocycles. The molecule has 0 spiro atoms. The summed E-state index contributed by atoms with van der Waals surface area (Å²) in [5, 5.41) is 7.84. The molecule has 140 valence electrons. The second-order valence-electron chi connectivity index (χ2n) is 6.17. The van der Waals surface area contributed by atoms with Crippen molar-refractivity contribution >= 4 is 23.2 Å². The highest BCUT2D eigenvalue weighted by Crippen LogP contribution is 2.19. The Morgan fingerprint density at radius 2 is 1.96 bits per heavy atom. The Morgan fingerprint density at radius 3 is 2.67 bits per heavy atom. The molecule has 3 aromatic rings. The fourth-order valence-electron chi connectivity index (χ4n) is 2.95. The summed E-state index contributed by atoms with van der Waals surface area (Å²) in [4.78, 5) is 32.5. The Labute approximate surface area is 159 Å². The van der Waals surface area contributed by atoms with Crippen molar-refractivity contribution in [2.24, 2.45) is 0 Å². The molecule has 1 aliphatic heterocycles. The number of hydrogen-bond acceptors (Lipinski definition) is 7. The van der Waals surface area contributed by atoms with E-state index in [0.29, 0.717) is 56.5 Å². The molecular weight excluding hydrogens is 368 g/mol. The van der Waals surface area contributed by atoms with E-state index in [9.17, 15) is 9.59 Å². The molecule has 1 aliphatic rings. The Hall–Kier alpha value is -2.94. The summed E-state index contributed by atoms with van der Waals surface area (Å²) in [6.45, 7) is 2.01. The second kappa shape index (κ2) is 7.75. The van der Waals surface area contributed by atoms with Gasteiger partial charge in [-0.15, -0.1) is 0 Å². The SMILES string of the molecule is O=C(CCc1nc(-c2ccsc2)no1)N1CCN(C(=O)c2ccco2)CC1. The average Bonchev–Trinajstić information content (AvgIpc) is 3.47. The largest absolute Gasteiger partial charge is 0.459 e. The fraction of sp³-hybridized carbons (Fsp3) is 0.333. The van der Waals surface area contributed by atoms with Crippen LogP contribution in [0.1, 0.15) is 22.9 Å². The quantitative estimate of drug-likeness (QED) is 0.668. The van der Waals surface area contributed by atoms with Crippen molar-refractivity contribution in [2.75, 3.05) is 26.2 Å². The molecule has 0 radical (unpaired) electrons. The van der Waals surface area contributed by atoms with Crippen molar-refractivity contribution in [1.82, 2.24) is 19.9 Å². The van der Waals surface area contributed by atoms with Crippen LogP contribution in [0.25, 0.3) is 11.4 Å². The van der Waals surface area contributed by atoms with Crippen LogP contribution in [-0.4, -0.2) is 57.9 Å². The molecule has 0 N–H and O–H groups in total. The number of furan rings is 1. The summed E-state index contributed by atoms with van der Waals surface area (Å²) in [5.41, 5.74) is 0.915. The van der Waals surface area contributed by atoms with Crippen LogP contribution >= 0.6 is 11.3 Å². The van der Waals surface area contributed by atoms with E-state index in [-0.39, 0.29) is 11.8 Å². The third-order valence-electron chi connectivity index (χ3n) is 4.45. The lowest BCUT2D eigenvalue weighted by atomic mass is 10.2. The minimum atomic E-state index is -0.140. The van der Waals surface area contributed by atoms with E-state index in [1.54, 1.807) is 33.3 Å². The number of hydrogen-bond donors (Lipinski definition) is 0. The molecule has 2 amide bonds. The maximum absolute atomic E-state index is 12.4. The van der Waals surface area contributed by atoms with Gasteiger partial charge in [0.15, 0.2) is 5.76 Å². The van der Waals surface area contributed by atoms with Crippen molar-refractivity contribution in [3.63, 3.8) is 0 Å². The van der Waals surface area contributed by atoms with Crippen LogP contribution in [0.15, 0.2) is 44.2 Å². The molecule has 27 heavy (non-hydrogen) atoms. The first-order valence-electron chi connectivity index (χ1n) is 8.66. The first kappa shape index (κ1) is 17.5. The van der Waals surface area contributed by atoms with E-state index in [1.165, 1.54) is 6.26 Å². The van der Waals surface area contributed by atoms with Crippen LogP contribution < -0.4 is 0 Å². The highest BCUT2D eigenvalue weighted by atomic mass is 32.1. The zero-order valence-corrected chi connectivity index (χ0v) is 15.4. The van der Waals surface area contributed by atoms with E-state index in [2.05, 4.69) is 10.1 Å². The van der Waals surface area contributed by atoms with Gasteiger partial charge in [0.1, 0.15) is 0 Å². The molecule has 3 aromatic heterocycles. The van der Waals surface area contributed by atoms with E-state index < -0.39 is 0 Å². The van der Waals surface area contributed by atoms with Crippen LogP contribution in [0.3, 0.4) is 0 Å². The predicted molar refractivity (Wildman–Crippen MR) is 97.1 cm³/mol. The molecule has 8 nitrogen and oxygen atoms in total. The normalized spacial score (nSPS) is 14.5. The number of amides is 2. The van der Waals surface area contributed by atoms with Crippen molar-refractivity contribution in [1.29, 1.82) is 0 Å². The van der Waals surface area contributed by atoms with Crippen LogP contribution in [0.4, 0.5) is 0 Å². The number of nitrogens with zero attached hydrogens (tertiary/aromatic N) is 4. The van der Waals surface area contributed by atoms with E-state index in [0.717, 1.165) is 5.56 Å². The zero-order chi connectivity index (χ0) is 18.6. The van der Waals surface area contributed by atoms with Gasteiger partial charge in [-0.05, 0) is 23.6 Å². The standard InChI is InChI=1S/C18H18N4O4S/c23-16(4-3-15-19-17(20-26-15)13-5-11-27-12-13)21-6-8-22(9-7-21)18(24)14-2-1-10-25-14/h1-2,5,10-12H,3-4,6-9H2. The molecule has 4 heterocycles. The number of rotatable bonds is 5. The van der Waals surface area contributed by atoms with Gasteiger partial charge < -0.3 is 18.7 Å². The number of piperazine rings is 1. The molecule has 0 aliphatic carbocycles. The third kappa shape index (κ3) is 3.92. The Balaban J connectivity index is 1.26. The lowest BCUT2D eigenvalue weighted by Crippen LogP contribution is -2.50. The second-order valence-corrected chi connectivity index (χ2v) is 6.95. The topological polar surface area (TPSA) is 92.7 Å². The maximum Gasteiger partial charge on any atom is 0.289 e. The van der Waals surface area contributed by atoms with Gasteiger partial charge >= 0.3 is 0 Å². The van der Waals surface area contributed by atoms with E-state index >= 15 is 0 Å². The van der Waals surface area contributed by atoms with Gasteiger partial charge in [0.25, 0.3) is 5.91 Å². The summed E-state index contributed by atoms with van der Waals surface area (Å²) < 4.78 is 10.4. The highest BCUT2D eigenvalue weighted by Gasteiger charge is 2.26. The first-order valence-corrected chi connectivity index (χ1v) is 9.61. The van der Waals surface area contributed by atoms with Gasteiger partial charge in [-0.1, -0.05) is 5.16 Å². The average molecular weight is 386 g/mol. The minimum Gasteiger partial charge on any atom is -0.459 e. The molecule has 0 bridgehead atoms. The van der Waals surface area contributed by atoms with Gasteiger partial charge in [0.2, 0.25) is 17.6 Å². The van der Waals surface area contributed by atoms with Crippen molar-refractivity contribution in [2.45, 2.75) is 12.8 Å². The molecule has 0 atom stereocenters. The van der Waals surface area contributed by atoms with Gasteiger partial charge in [-0.2, -0.15) is 16.3 Å². The Morgan fingerprint density at radius 1 is 1.15 bits per heavy atom. The van der Waals surface area contributed by atoms with Gasteiger partial charge in [-0.3, -0.25) is 9.59 Å². The van der Waals surface area contributed by atoms with Gasteiger partial charge in [0, 0.05) is 50.0 Å². The minimum absolute atomic E-state index is 0.0235. The summed E-state index contributed by atoms with van der Waals surface area (Å²) in [6, 6.07) is 5.26. The van der Waals surface area contributed by atoms with Crippen LogP contribution in [0, 0.1) is 0 Å². The van der Waals surface area contributed by atoms with E-state index in [4.69, 9.17) is 8.94 Å². The Bertz CT molecular complexity index is 896. The van der Waals surface area contributed by atoms with E-state index in [1.807, 2.05) is 16.8 Å². The smallest absolute Gasteiger partial charge is 0.289 e. The van der Waals surface area contributed by atoms with Gasteiger partial charge in [0.05, 0.1) is 6.26 Å². The predicted octanol–water partition coefficient (Wildman–Crippen LogP) is 2.31. The fourth-order valence-corrected chi connectivity index (χ4v) is 3.59. The van der Waals surface area contributed by atoms with Crippen molar-refractivity contribution in [3.05, 3.63) is 46.9 Å². The molecule has 0 aromatic carbocycles. The van der Waals surface area contributed by atoms with Crippen LogP contribution in [-0.2, 0) is 11.2 Å². The first-order chi connectivity index (χ1) is 13.2. The monoisotopic (exact) mass is 386 g/mol. The summed E-state index contributed by atoms with van der Waals surface area (Å²) in [6.07, 6.45) is 2.19. The summed E-state index contributed by atoms with van der Waals surface area (Å²) in [5.74, 6) is 1.21. The number of aryl methyl sites for hydroxylation is 1. The third-order valence-corrected chi connectivity index (χ3v) is 5.13. The summed E-state index contributed by atoms with van der Waals surface area (Å²) >= 11 is 1.57. The Kier molecular flexibility index (Phi) is 5.01. The van der Waals surface area contributed by atoms with Gasteiger partial charge in [-0.25, -0.2) is 0 Å². The summed E-state index contributed by atoms with van der Waals surface area (Å²) in [7, 11) is 0. The van der Waals surface area contributed by atoms with Crippen LogP contribution in [0.2, 0.25) is 0 Å². The lowest BCUT2D eigenvalue weighted by Gasteiger charge is -2.34. The molecule has 4 rings (SSSR count). The van der Waals surface area contributed by atoms with Crippen molar-refractivity contribution < 1.29 is 18.5 Å². The number of carbonyl (C=O) groups excluding carboxylic acids is 2. The number of carbonyl (C=O) groups is 2. The maximum atomic E-state index is 12.4. The number of aromatic nitrogens is 2. The molecule has 1 fully saturated rings. The highest BCUT2D eigenvalue weighted by molar-refractivity contribution is 7.08. The van der Waals surface area contributed by atoms with Crippen LogP contribution in [0.5, 0.6) is 0 Å².